The first-order chi connectivity index (χ1) is 14.2. The highest BCUT2D eigenvalue weighted by Crippen LogP contribution is 2.19. The van der Waals surface area contributed by atoms with Crippen molar-refractivity contribution in [3.63, 3.8) is 0 Å². The Morgan fingerprint density at radius 2 is 1.38 bits per heavy atom. The molecule has 0 bridgehead atoms. The highest BCUT2D eigenvalue weighted by molar-refractivity contribution is 5.98. The zero-order valence-corrected chi connectivity index (χ0v) is 16.6. The Kier molecular flexibility index (Phi) is 7.17. The van der Waals surface area contributed by atoms with Crippen LogP contribution in [-0.2, 0) is 9.53 Å². The van der Waals surface area contributed by atoms with Crippen LogP contribution in [0.2, 0.25) is 0 Å². The molecule has 0 spiro atoms. The molecule has 0 amide bonds. The van der Waals surface area contributed by atoms with Crippen molar-refractivity contribution in [1.82, 2.24) is 0 Å². The maximum absolute atomic E-state index is 12.3. The Bertz CT molecular complexity index is 921. The Hall–Kier alpha value is -3.40. The fraction of sp³-hybridized carbons (Fsp3) is 0.200. The molecule has 0 aliphatic rings. The molecule has 0 atom stereocenters. The Balaban J connectivity index is 1.48. The number of benzene rings is 3. The summed E-state index contributed by atoms with van der Waals surface area (Å²) in [6.07, 6.45) is 0.239. The van der Waals surface area contributed by atoms with Crippen LogP contribution in [0.25, 0.3) is 11.1 Å². The van der Waals surface area contributed by atoms with Crippen LogP contribution in [0, 0.1) is 0 Å². The number of rotatable bonds is 9. The van der Waals surface area contributed by atoms with Gasteiger partial charge in [-0.25, -0.2) is 0 Å². The second-order valence-electron chi connectivity index (χ2n) is 6.69. The first-order valence-electron chi connectivity index (χ1n) is 9.81. The Labute approximate surface area is 171 Å². The monoisotopic (exact) mass is 387 g/mol. The van der Waals surface area contributed by atoms with Gasteiger partial charge in [0.2, 0.25) is 0 Å². The summed E-state index contributed by atoms with van der Waals surface area (Å²) >= 11 is 0. The quantitative estimate of drug-likeness (QED) is 0.383. The summed E-state index contributed by atoms with van der Waals surface area (Å²) in [6, 6.07) is 27.2. The standard InChI is InChI=1S/C25H25NO3/c1-2-26(23-11-7-4-8-12-23)18-17-25(28)29-19-24(27)22-15-13-21(14-16-22)20-9-5-3-6-10-20/h3-16H,2,17-19H2,1H3. The lowest BCUT2D eigenvalue weighted by Crippen LogP contribution is -2.26. The fourth-order valence-corrected chi connectivity index (χ4v) is 3.12. The van der Waals surface area contributed by atoms with E-state index in [1.807, 2.05) is 79.7 Å². The van der Waals surface area contributed by atoms with Crippen molar-refractivity contribution >= 4 is 17.4 Å². The average molecular weight is 387 g/mol. The molecular formula is C25H25NO3. The lowest BCUT2D eigenvalue weighted by Gasteiger charge is -2.22. The smallest absolute Gasteiger partial charge is 0.308 e. The molecule has 148 valence electrons. The van der Waals surface area contributed by atoms with Gasteiger partial charge in [0.05, 0.1) is 6.42 Å². The number of ether oxygens (including phenoxy) is 1. The van der Waals surface area contributed by atoms with Crippen LogP contribution in [-0.4, -0.2) is 31.4 Å². The molecule has 0 N–H and O–H groups in total. The number of hydrogen-bond donors (Lipinski definition) is 0. The minimum absolute atomic E-state index is 0.201. The SMILES string of the molecule is CCN(CCC(=O)OCC(=O)c1ccc(-c2ccccc2)cc1)c1ccccc1. The van der Waals surface area contributed by atoms with E-state index >= 15 is 0 Å². The number of carbonyl (C=O) groups is 2. The van der Waals surface area contributed by atoms with Crippen LogP contribution in [0.5, 0.6) is 0 Å². The molecule has 0 aliphatic carbocycles. The van der Waals surface area contributed by atoms with Gasteiger partial charge >= 0.3 is 5.97 Å². The fourth-order valence-electron chi connectivity index (χ4n) is 3.12. The maximum Gasteiger partial charge on any atom is 0.308 e. The molecule has 0 unspecified atom stereocenters. The molecule has 3 rings (SSSR count). The number of esters is 1. The Morgan fingerprint density at radius 1 is 0.793 bits per heavy atom. The van der Waals surface area contributed by atoms with Crippen molar-refractivity contribution < 1.29 is 14.3 Å². The van der Waals surface area contributed by atoms with E-state index in [1.54, 1.807) is 12.1 Å². The lowest BCUT2D eigenvalue weighted by molar-refractivity contribution is -0.142. The molecule has 0 fully saturated rings. The van der Waals surface area contributed by atoms with E-state index in [0.717, 1.165) is 23.4 Å². The van der Waals surface area contributed by atoms with E-state index in [9.17, 15) is 9.59 Å². The number of nitrogens with zero attached hydrogens (tertiary/aromatic N) is 1. The van der Waals surface area contributed by atoms with Crippen LogP contribution in [0.15, 0.2) is 84.9 Å². The third-order valence-electron chi connectivity index (χ3n) is 4.77. The molecule has 29 heavy (non-hydrogen) atoms. The van der Waals surface area contributed by atoms with Crippen LogP contribution >= 0.6 is 0 Å². The van der Waals surface area contributed by atoms with E-state index in [0.29, 0.717) is 12.1 Å². The summed E-state index contributed by atoms with van der Waals surface area (Å²) in [6.45, 7) is 3.16. The van der Waals surface area contributed by atoms with Crippen LogP contribution in [0.1, 0.15) is 23.7 Å². The minimum atomic E-state index is -0.367. The van der Waals surface area contributed by atoms with Crippen molar-refractivity contribution in [1.29, 1.82) is 0 Å². The van der Waals surface area contributed by atoms with Gasteiger partial charge in [-0.1, -0.05) is 72.8 Å². The average Bonchev–Trinajstić information content (AvgIpc) is 2.79. The summed E-state index contributed by atoms with van der Waals surface area (Å²) in [4.78, 5) is 26.5. The normalized spacial score (nSPS) is 10.4. The van der Waals surface area contributed by atoms with E-state index in [1.165, 1.54) is 0 Å². The van der Waals surface area contributed by atoms with Crippen molar-refractivity contribution in [2.24, 2.45) is 0 Å². The maximum atomic E-state index is 12.3. The summed E-state index contributed by atoms with van der Waals surface area (Å²) in [5.41, 5.74) is 3.74. The molecule has 0 heterocycles. The molecule has 4 heteroatoms. The van der Waals surface area contributed by atoms with Gasteiger partial charge in [0.15, 0.2) is 12.4 Å². The van der Waals surface area contributed by atoms with Gasteiger partial charge in [0, 0.05) is 24.3 Å². The highest BCUT2D eigenvalue weighted by atomic mass is 16.5. The highest BCUT2D eigenvalue weighted by Gasteiger charge is 2.12. The third-order valence-corrected chi connectivity index (χ3v) is 4.77. The van der Waals surface area contributed by atoms with Crippen molar-refractivity contribution in [2.45, 2.75) is 13.3 Å². The topological polar surface area (TPSA) is 46.6 Å². The van der Waals surface area contributed by atoms with E-state index in [4.69, 9.17) is 4.74 Å². The third kappa shape index (κ3) is 5.79. The number of ketones is 1. The van der Waals surface area contributed by atoms with Gasteiger partial charge in [-0.3, -0.25) is 9.59 Å². The van der Waals surface area contributed by atoms with Crippen LogP contribution < -0.4 is 4.90 Å². The molecule has 3 aromatic carbocycles. The minimum Gasteiger partial charge on any atom is -0.457 e. The van der Waals surface area contributed by atoms with E-state index in [2.05, 4.69) is 4.90 Å². The first kappa shape index (κ1) is 20.3. The van der Waals surface area contributed by atoms with Crippen LogP contribution in [0.3, 0.4) is 0 Å². The zero-order valence-electron chi connectivity index (χ0n) is 16.6. The number of para-hydroxylation sites is 1. The van der Waals surface area contributed by atoms with Gasteiger partial charge in [0.25, 0.3) is 0 Å². The van der Waals surface area contributed by atoms with Crippen molar-refractivity contribution in [2.75, 3.05) is 24.6 Å². The van der Waals surface area contributed by atoms with E-state index < -0.39 is 0 Å². The zero-order chi connectivity index (χ0) is 20.5. The van der Waals surface area contributed by atoms with Crippen LogP contribution in [0.4, 0.5) is 5.69 Å². The molecule has 0 aromatic heterocycles. The predicted molar refractivity (Wildman–Crippen MR) is 116 cm³/mol. The summed E-state index contributed by atoms with van der Waals surface area (Å²) in [5, 5.41) is 0. The first-order valence-corrected chi connectivity index (χ1v) is 9.81. The van der Waals surface area contributed by atoms with Gasteiger partial charge in [0.1, 0.15) is 0 Å². The van der Waals surface area contributed by atoms with Crippen molar-refractivity contribution in [3.8, 4) is 11.1 Å². The summed E-state index contributed by atoms with van der Waals surface area (Å²) in [5.74, 6) is -0.568. The number of carbonyl (C=O) groups excluding carboxylic acids is 2. The molecular weight excluding hydrogens is 362 g/mol. The lowest BCUT2D eigenvalue weighted by atomic mass is 10.0. The van der Waals surface area contributed by atoms with Gasteiger partial charge in [-0.15, -0.1) is 0 Å². The number of hydrogen-bond acceptors (Lipinski definition) is 4. The molecule has 0 saturated heterocycles. The predicted octanol–water partition coefficient (Wildman–Crippen LogP) is 5.00. The number of anilines is 1. The van der Waals surface area contributed by atoms with Gasteiger partial charge in [-0.05, 0) is 30.2 Å². The van der Waals surface area contributed by atoms with Gasteiger partial charge < -0.3 is 9.64 Å². The summed E-state index contributed by atoms with van der Waals surface area (Å²) < 4.78 is 5.19. The molecule has 0 saturated carbocycles. The Morgan fingerprint density at radius 3 is 2.00 bits per heavy atom. The van der Waals surface area contributed by atoms with Gasteiger partial charge in [-0.2, -0.15) is 0 Å². The van der Waals surface area contributed by atoms with E-state index in [-0.39, 0.29) is 24.8 Å². The number of Topliss-reactive ketones (excluding diaryl/α,β-unsaturated/α-hetero) is 1. The second kappa shape index (κ2) is 10.2. The molecule has 3 aromatic rings. The molecule has 4 nitrogen and oxygen atoms in total. The second-order valence-corrected chi connectivity index (χ2v) is 6.69. The molecule has 0 aliphatic heterocycles. The molecule has 0 radical (unpaired) electrons. The van der Waals surface area contributed by atoms with Crippen molar-refractivity contribution in [3.05, 3.63) is 90.5 Å². The summed E-state index contributed by atoms with van der Waals surface area (Å²) in [7, 11) is 0. The largest absolute Gasteiger partial charge is 0.457 e.